The van der Waals surface area contributed by atoms with E-state index in [-0.39, 0.29) is 6.03 Å². The van der Waals surface area contributed by atoms with Gasteiger partial charge in [0.15, 0.2) is 11.5 Å². The van der Waals surface area contributed by atoms with Gasteiger partial charge >= 0.3 is 6.03 Å². The van der Waals surface area contributed by atoms with Crippen LogP contribution in [0, 0.1) is 0 Å². The first-order chi connectivity index (χ1) is 11.3. The molecule has 3 rings (SSSR count). The number of carbonyl (C=O) groups is 1. The van der Waals surface area contributed by atoms with Gasteiger partial charge in [0.25, 0.3) is 0 Å². The second kappa shape index (κ2) is 7.57. The second-order valence-electron chi connectivity index (χ2n) is 6.25. The van der Waals surface area contributed by atoms with Gasteiger partial charge in [0.1, 0.15) is 0 Å². The van der Waals surface area contributed by atoms with E-state index in [1.807, 2.05) is 23.1 Å². The van der Waals surface area contributed by atoms with Gasteiger partial charge in [0.05, 0.1) is 0 Å². The molecule has 1 heterocycles. The molecule has 23 heavy (non-hydrogen) atoms. The number of hydrogen-bond acceptors (Lipinski definition) is 3. The SMILES string of the molecule is CCN(C(=O)NCCc1ccc2c(c1)OCO2)C1CCCCC1. The van der Waals surface area contributed by atoms with E-state index in [0.717, 1.165) is 42.9 Å². The van der Waals surface area contributed by atoms with E-state index in [9.17, 15) is 4.79 Å². The Kier molecular flexibility index (Phi) is 5.26. The lowest BCUT2D eigenvalue weighted by molar-refractivity contribution is 0.160. The molecule has 5 nitrogen and oxygen atoms in total. The molecule has 0 saturated heterocycles. The van der Waals surface area contributed by atoms with Crippen LogP contribution in [0.4, 0.5) is 4.79 Å². The number of urea groups is 1. The Morgan fingerprint density at radius 1 is 1.22 bits per heavy atom. The van der Waals surface area contributed by atoms with Gasteiger partial charge in [-0.15, -0.1) is 0 Å². The lowest BCUT2D eigenvalue weighted by Crippen LogP contribution is -2.47. The number of ether oxygens (including phenoxy) is 2. The van der Waals surface area contributed by atoms with Crippen LogP contribution in [-0.2, 0) is 6.42 Å². The molecular weight excluding hydrogens is 292 g/mol. The lowest BCUT2D eigenvalue weighted by Gasteiger charge is -2.33. The Morgan fingerprint density at radius 2 is 2.00 bits per heavy atom. The van der Waals surface area contributed by atoms with Crippen molar-refractivity contribution < 1.29 is 14.3 Å². The average Bonchev–Trinajstić information content (AvgIpc) is 3.04. The van der Waals surface area contributed by atoms with Gasteiger partial charge in [0.2, 0.25) is 6.79 Å². The van der Waals surface area contributed by atoms with Gasteiger partial charge < -0.3 is 19.7 Å². The molecule has 0 spiro atoms. The van der Waals surface area contributed by atoms with E-state index >= 15 is 0 Å². The number of hydrogen-bond donors (Lipinski definition) is 1. The molecule has 0 radical (unpaired) electrons. The van der Waals surface area contributed by atoms with Crippen molar-refractivity contribution in [3.8, 4) is 11.5 Å². The zero-order valence-corrected chi connectivity index (χ0v) is 13.8. The predicted molar refractivity (Wildman–Crippen MR) is 88.9 cm³/mol. The van der Waals surface area contributed by atoms with Crippen LogP contribution in [-0.4, -0.2) is 36.9 Å². The van der Waals surface area contributed by atoms with Crippen LogP contribution in [0.15, 0.2) is 18.2 Å². The van der Waals surface area contributed by atoms with E-state index in [0.29, 0.717) is 19.4 Å². The first-order valence-electron chi connectivity index (χ1n) is 8.71. The Bertz CT molecular complexity index is 541. The zero-order chi connectivity index (χ0) is 16.1. The Balaban J connectivity index is 1.48. The second-order valence-corrected chi connectivity index (χ2v) is 6.25. The molecule has 1 aliphatic carbocycles. The minimum absolute atomic E-state index is 0.0696. The summed E-state index contributed by atoms with van der Waals surface area (Å²) in [5.74, 6) is 1.60. The number of carbonyl (C=O) groups excluding carboxylic acids is 1. The fraction of sp³-hybridized carbons (Fsp3) is 0.611. The van der Waals surface area contributed by atoms with E-state index in [2.05, 4.69) is 12.2 Å². The maximum atomic E-state index is 12.4. The van der Waals surface area contributed by atoms with Crippen LogP contribution < -0.4 is 14.8 Å². The fourth-order valence-electron chi connectivity index (χ4n) is 3.47. The minimum Gasteiger partial charge on any atom is -0.454 e. The minimum atomic E-state index is 0.0696. The number of rotatable bonds is 5. The zero-order valence-electron chi connectivity index (χ0n) is 13.8. The molecule has 1 fully saturated rings. The van der Waals surface area contributed by atoms with Crippen LogP contribution >= 0.6 is 0 Å². The maximum Gasteiger partial charge on any atom is 0.317 e. The van der Waals surface area contributed by atoms with Crippen molar-refractivity contribution in [1.82, 2.24) is 10.2 Å². The molecule has 1 aliphatic heterocycles. The molecule has 2 aliphatic rings. The molecular formula is C18H26N2O3. The first-order valence-corrected chi connectivity index (χ1v) is 8.71. The highest BCUT2D eigenvalue weighted by Crippen LogP contribution is 2.32. The molecule has 126 valence electrons. The molecule has 0 aromatic heterocycles. The summed E-state index contributed by atoms with van der Waals surface area (Å²) in [5, 5.41) is 3.06. The third-order valence-corrected chi connectivity index (χ3v) is 4.74. The molecule has 0 unspecified atom stereocenters. The van der Waals surface area contributed by atoms with Crippen molar-refractivity contribution in [1.29, 1.82) is 0 Å². The summed E-state index contributed by atoms with van der Waals surface area (Å²) in [4.78, 5) is 14.4. The fourth-order valence-corrected chi connectivity index (χ4v) is 3.47. The summed E-state index contributed by atoms with van der Waals surface area (Å²) in [7, 11) is 0. The average molecular weight is 318 g/mol. The van der Waals surface area contributed by atoms with Crippen molar-refractivity contribution in [2.24, 2.45) is 0 Å². The van der Waals surface area contributed by atoms with Crippen LogP contribution in [0.25, 0.3) is 0 Å². The maximum absolute atomic E-state index is 12.4. The number of benzene rings is 1. The van der Waals surface area contributed by atoms with Gasteiger partial charge in [0, 0.05) is 19.1 Å². The summed E-state index contributed by atoms with van der Waals surface area (Å²) in [6.07, 6.45) is 6.87. The van der Waals surface area contributed by atoms with Crippen molar-refractivity contribution in [3.63, 3.8) is 0 Å². The largest absolute Gasteiger partial charge is 0.454 e. The summed E-state index contributed by atoms with van der Waals surface area (Å²) in [6, 6.07) is 6.44. The quantitative estimate of drug-likeness (QED) is 0.906. The monoisotopic (exact) mass is 318 g/mol. The van der Waals surface area contributed by atoms with E-state index in [4.69, 9.17) is 9.47 Å². The Labute approximate surface area is 137 Å². The first kappa shape index (κ1) is 16.0. The van der Waals surface area contributed by atoms with Gasteiger partial charge in [-0.2, -0.15) is 0 Å². The number of nitrogens with zero attached hydrogens (tertiary/aromatic N) is 1. The third-order valence-electron chi connectivity index (χ3n) is 4.74. The summed E-state index contributed by atoms with van der Waals surface area (Å²) in [6.45, 7) is 3.77. The normalized spacial score (nSPS) is 17.1. The molecule has 5 heteroatoms. The Hall–Kier alpha value is -1.91. The van der Waals surface area contributed by atoms with Crippen molar-refractivity contribution in [2.45, 2.75) is 51.5 Å². The number of nitrogens with one attached hydrogen (secondary N) is 1. The van der Waals surface area contributed by atoms with Crippen molar-refractivity contribution in [3.05, 3.63) is 23.8 Å². The third kappa shape index (κ3) is 3.89. The van der Waals surface area contributed by atoms with Crippen LogP contribution in [0.5, 0.6) is 11.5 Å². The highest BCUT2D eigenvalue weighted by Gasteiger charge is 2.23. The van der Waals surface area contributed by atoms with Crippen molar-refractivity contribution >= 4 is 6.03 Å². The topological polar surface area (TPSA) is 50.8 Å². The predicted octanol–water partition coefficient (Wildman–Crippen LogP) is 3.32. The smallest absolute Gasteiger partial charge is 0.317 e. The molecule has 0 atom stereocenters. The molecule has 1 saturated carbocycles. The van der Waals surface area contributed by atoms with Gasteiger partial charge in [-0.3, -0.25) is 0 Å². The van der Waals surface area contributed by atoms with Crippen LogP contribution in [0.2, 0.25) is 0 Å². The molecule has 2 amide bonds. The number of amides is 2. The molecule has 1 aromatic rings. The van der Waals surface area contributed by atoms with Gasteiger partial charge in [-0.05, 0) is 43.9 Å². The Morgan fingerprint density at radius 3 is 2.78 bits per heavy atom. The van der Waals surface area contributed by atoms with Gasteiger partial charge in [-0.1, -0.05) is 25.3 Å². The number of fused-ring (bicyclic) bond motifs is 1. The lowest BCUT2D eigenvalue weighted by atomic mass is 9.94. The highest BCUT2D eigenvalue weighted by atomic mass is 16.7. The van der Waals surface area contributed by atoms with Gasteiger partial charge in [-0.25, -0.2) is 4.79 Å². The standard InChI is InChI=1S/C18H26N2O3/c1-2-20(15-6-4-3-5-7-15)18(21)19-11-10-14-8-9-16-17(12-14)23-13-22-16/h8-9,12,15H,2-7,10-11,13H2,1H3,(H,19,21). The molecule has 1 aromatic carbocycles. The molecule has 0 bridgehead atoms. The van der Waals surface area contributed by atoms with Crippen LogP contribution in [0.3, 0.4) is 0 Å². The molecule has 1 N–H and O–H groups in total. The van der Waals surface area contributed by atoms with E-state index in [1.165, 1.54) is 19.3 Å². The highest BCUT2D eigenvalue weighted by molar-refractivity contribution is 5.74. The van der Waals surface area contributed by atoms with Crippen molar-refractivity contribution in [2.75, 3.05) is 19.9 Å². The summed E-state index contributed by atoms with van der Waals surface area (Å²) >= 11 is 0. The van der Waals surface area contributed by atoms with E-state index in [1.54, 1.807) is 0 Å². The van der Waals surface area contributed by atoms with E-state index < -0.39 is 0 Å². The van der Waals surface area contributed by atoms with Crippen LogP contribution in [0.1, 0.15) is 44.6 Å². The summed E-state index contributed by atoms with van der Waals surface area (Å²) < 4.78 is 10.7. The summed E-state index contributed by atoms with van der Waals surface area (Å²) in [5.41, 5.74) is 1.15.